The van der Waals surface area contributed by atoms with Gasteiger partial charge < -0.3 is 5.32 Å². The Kier molecular flexibility index (Phi) is 5.03. The van der Waals surface area contributed by atoms with Crippen LogP contribution in [0.25, 0.3) is 0 Å². The lowest BCUT2D eigenvalue weighted by molar-refractivity contribution is -0.113. The Labute approximate surface area is 126 Å². The largest absolute Gasteiger partial charge is 0.325 e. The van der Waals surface area contributed by atoms with Crippen molar-refractivity contribution in [2.24, 2.45) is 0 Å². The van der Waals surface area contributed by atoms with Gasteiger partial charge in [0.25, 0.3) is 0 Å². The van der Waals surface area contributed by atoms with Crippen LogP contribution in [0, 0.1) is 5.82 Å². The lowest BCUT2D eigenvalue weighted by Crippen LogP contribution is -2.19. The van der Waals surface area contributed by atoms with Gasteiger partial charge >= 0.3 is 0 Å². The van der Waals surface area contributed by atoms with Gasteiger partial charge in [-0.1, -0.05) is 22.0 Å². The van der Waals surface area contributed by atoms with E-state index in [9.17, 15) is 13.4 Å². The summed E-state index contributed by atoms with van der Waals surface area (Å²) in [5, 5.41) is 2.64. The Hall–Kier alpha value is -1.53. The molecule has 1 amide bonds. The van der Waals surface area contributed by atoms with Crippen LogP contribution >= 0.6 is 15.9 Å². The van der Waals surface area contributed by atoms with Gasteiger partial charge in [0, 0.05) is 15.1 Å². The average molecular weight is 356 g/mol. The Morgan fingerprint density at radius 1 is 1.20 bits per heavy atom. The number of carbonyl (C=O) groups excluding carboxylic acids is 1. The highest BCUT2D eigenvalue weighted by atomic mass is 79.9. The molecule has 0 saturated carbocycles. The van der Waals surface area contributed by atoms with Crippen LogP contribution in [0.2, 0.25) is 0 Å². The summed E-state index contributed by atoms with van der Waals surface area (Å²) >= 11 is 3.29. The number of benzene rings is 2. The molecule has 1 atom stereocenters. The van der Waals surface area contributed by atoms with E-state index in [0.717, 1.165) is 4.47 Å². The zero-order valence-electron chi connectivity index (χ0n) is 10.3. The van der Waals surface area contributed by atoms with Crippen LogP contribution in [0.1, 0.15) is 0 Å². The topological polar surface area (TPSA) is 46.2 Å². The monoisotopic (exact) mass is 355 g/mol. The van der Waals surface area contributed by atoms with Crippen molar-refractivity contribution >= 4 is 38.3 Å². The number of amides is 1. The highest BCUT2D eigenvalue weighted by Crippen LogP contribution is 2.14. The molecule has 0 saturated heterocycles. The molecule has 0 aliphatic carbocycles. The predicted octanol–water partition coefficient (Wildman–Crippen LogP) is 3.33. The lowest BCUT2D eigenvalue weighted by atomic mass is 10.3. The SMILES string of the molecule is O=C(CS(=O)c1cccc(F)c1)Nc1ccc(Br)cc1. The Balaban J connectivity index is 1.97. The van der Waals surface area contributed by atoms with Crippen molar-refractivity contribution in [2.75, 3.05) is 11.1 Å². The van der Waals surface area contributed by atoms with Crippen LogP contribution in [0.15, 0.2) is 57.9 Å². The number of carbonyl (C=O) groups is 1. The van der Waals surface area contributed by atoms with Crippen LogP contribution < -0.4 is 5.32 Å². The minimum Gasteiger partial charge on any atom is -0.325 e. The van der Waals surface area contributed by atoms with Crippen molar-refractivity contribution in [1.29, 1.82) is 0 Å². The molecule has 2 aromatic rings. The number of hydrogen-bond acceptors (Lipinski definition) is 2. The third kappa shape index (κ3) is 4.25. The summed E-state index contributed by atoms with van der Waals surface area (Å²) < 4.78 is 25.8. The van der Waals surface area contributed by atoms with Gasteiger partial charge in [-0.2, -0.15) is 0 Å². The summed E-state index contributed by atoms with van der Waals surface area (Å²) in [6.07, 6.45) is 0. The molecule has 2 rings (SSSR count). The maximum absolute atomic E-state index is 13.0. The van der Waals surface area contributed by atoms with Crippen molar-refractivity contribution in [3.8, 4) is 0 Å². The molecule has 0 aromatic heterocycles. The second kappa shape index (κ2) is 6.76. The summed E-state index contributed by atoms with van der Waals surface area (Å²) in [5.74, 6) is -1.06. The molecule has 0 spiro atoms. The maximum atomic E-state index is 13.0. The van der Waals surface area contributed by atoms with E-state index >= 15 is 0 Å². The standard InChI is InChI=1S/C14H11BrFNO2S/c15-10-4-6-12(7-5-10)17-14(18)9-20(19)13-3-1-2-11(16)8-13/h1-8H,9H2,(H,17,18). The van der Waals surface area contributed by atoms with Gasteiger partial charge in [-0.05, 0) is 42.5 Å². The maximum Gasteiger partial charge on any atom is 0.237 e. The van der Waals surface area contributed by atoms with Gasteiger partial charge in [-0.25, -0.2) is 4.39 Å². The van der Waals surface area contributed by atoms with Crippen molar-refractivity contribution in [3.63, 3.8) is 0 Å². The molecule has 0 aliphatic rings. The van der Waals surface area contributed by atoms with Crippen molar-refractivity contribution in [1.82, 2.24) is 0 Å². The number of rotatable bonds is 4. The fraction of sp³-hybridized carbons (Fsp3) is 0.0714. The van der Waals surface area contributed by atoms with Crippen LogP contribution in [-0.2, 0) is 15.6 Å². The normalized spacial score (nSPS) is 11.9. The lowest BCUT2D eigenvalue weighted by Gasteiger charge is -2.05. The summed E-state index contributed by atoms with van der Waals surface area (Å²) in [6, 6.07) is 12.5. The van der Waals surface area contributed by atoms with Gasteiger partial charge in [0.15, 0.2) is 0 Å². The smallest absolute Gasteiger partial charge is 0.237 e. The second-order valence-electron chi connectivity index (χ2n) is 4.00. The van der Waals surface area contributed by atoms with Crippen LogP contribution in [-0.4, -0.2) is 15.9 Å². The van der Waals surface area contributed by atoms with Crippen molar-refractivity contribution in [2.45, 2.75) is 4.90 Å². The molecular weight excluding hydrogens is 345 g/mol. The first-order valence-corrected chi connectivity index (χ1v) is 7.85. The molecule has 0 heterocycles. The minimum atomic E-state index is -1.56. The van der Waals surface area contributed by atoms with Gasteiger partial charge in [0.1, 0.15) is 11.6 Å². The number of hydrogen-bond donors (Lipinski definition) is 1. The zero-order chi connectivity index (χ0) is 14.5. The molecule has 0 bridgehead atoms. The second-order valence-corrected chi connectivity index (χ2v) is 6.37. The van der Waals surface area contributed by atoms with Gasteiger partial charge in [-0.15, -0.1) is 0 Å². The molecule has 0 radical (unpaired) electrons. The summed E-state index contributed by atoms with van der Waals surface area (Å²) in [5.41, 5.74) is 0.620. The van der Waals surface area contributed by atoms with Crippen LogP contribution in [0.5, 0.6) is 0 Å². The summed E-state index contributed by atoms with van der Waals surface area (Å²) in [6.45, 7) is 0. The molecule has 20 heavy (non-hydrogen) atoms. The first kappa shape index (κ1) is 14.9. The molecule has 3 nitrogen and oxygen atoms in total. The van der Waals surface area contributed by atoms with E-state index in [2.05, 4.69) is 21.2 Å². The fourth-order valence-corrected chi connectivity index (χ4v) is 2.76. The van der Waals surface area contributed by atoms with E-state index in [-0.39, 0.29) is 11.7 Å². The van der Waals surface area contributed by atoms with Gasteiger partial charge in [-0.3, -0.25) is 9.00 Å². The molecular formula is C14H11BrFNO2S. The van der Waals surface area contributed by atoms with E-state index in [4.69, 9.17) is 0 Å². The van der Waals surface area contributed by atoms with E-state index in [1.165, 1.54) is 24.3 Å². The number of nitrogens with one attached hydrogen (secondary N) is 1. The third-order valence-corrected chi connectivity index (χ3v) is 4.28. The van der Waals surface area contributed by atoms with Crippen molar-refractivity contribution < 1.29 is 13.4 Å². The molecule has 0 aliphatic heterocycles. The third-order valence-electron chi connectivity index (χ3n) is 2.45. The number of halogens is 2. The molecule has 1 N–H and O–H groups in total. The Morgan fingerprint density at radius 2 is 1.90 bits per heavy atom. The molecule has 1 unspecified atom stereocenters. The first-order chi connectivity index (χ1) is 9.54. The average Bonchev–Trinajstić information content (AvgIpc) is 2.41. The number of anilines is 1. The minimum absolute atomic E-state index is 0.209. The predicted molar refractivity (Wildman–Crippen MR) is 80.4 cm³/mol. The van der Waals surface area contributed by atoms with Gasteiger partial charge in [0.2, 0.25) is 5.91 Å². The van der Waals surface area contributed by atoms with Crippen LogP contribution in [0.3, 0.4) is 0 Å². The Morgan fingerprint density at radius 3 is 2.55 bits per heavy atom. The first-order valence-electron chi connectivity index (χ1n) is 5.74. The van der Waals surface area contributed by atoms with Crippen molar-refractivity contribution in [3.05, 3.63) is 58.8 Å². The highest BCUT2D eigenvalue weighted by Gasteiger charge is 2.11. The van der Waals surface area contributed by atoms with E-state index in [0.29, 0.717) is 10.6 Å². The van der Waals surface area contributed by atoms with E-state index < -0.39 is 16.6 Å². The zero-order valence-corrected chi connectivity index (χ0v) is 12.7. The molecule has 6 heteroatoms. The van der Waals surface area contributed by atoms with E-state index in [1.54, 1.807) is 24.3 Å². The molecule has 0 fully saturated rings. The Bertz CT molecular complexity index is 646. The molecule has 104 valence electrons. The van der Waals surface area contributed by atoms with Crippen LogP contribution in [0.4, 0.5) is 10.1 Å². The summed E-state index contributed by atoms with van der Waals surface area (Å²) in [7, 11) is -1.56. The quantitative estimate of drug-likeness (QED) is 0.914. The fourth-order valence-electron chi connectivity index (χ4n) is 1.54. The highest BCUT2D eigenvalue weighted by molar-refractivity contribution is 9.10. The van der Waals surface area contributed by atoms with Gasteiger partial charge in [0.05, 0.1) is 10.8 Å². The molecule has 2 aromatic carbocycles. The van der Waals surface area contributed by atoms with E-state index in [1.807, 2.05) is 0 Å². The summed E-state index contributed by atoms with van der Waals surface area (Å²) in [4.78, 5) is 12.1.